The van der Waals surface area contributed by atoms with Crippen molar-refractivity contribution in [1.29, 1.82) is 0 Å². The number of nitrogens with one attached hydrogen (secondary N) is 4. The van der Waals surface area contributed by atoms with E-state index in [0.717, 1.165) is 32.2 Å². The summed E-state index contributed by atoms with van der Waals surface area (Å²) < 4.78 is 11.6. The van der Waals surface area contributed by atoms with Gasteiger partial charge >= 0.3 is 0 Å². The summed E-state index contributed by atoms with van der Waals surface area (Å²) in [6.07, 6.45) is 6.36. The van der Waals surface area contributed by atoms with Gasteiger partial charge in [0.25, 0.3) is 5.91 Å². The molecular formula is C29H33B3N8O5. The van der Waals surface area contributed by atoms with E-state index >= 15 is 0 Å². The molecule has 1 saturated carbocycles. The molecular weight excluding hydrogens is 573 g/mol. The molecule has 4 N–H and O–H groups in total. The largest absolute Gasteiger partial charge is 0.494 e. The average Bonchev–Trinajstić information content (AvgIpc) is 3.61. The van der Waals surface area contributed by atoms with Crippen LogP contribution in [0.5, 0.6) is 5.75 Å². The van der Waals surface area contributed by atoms with Crippen LogP contribution in [0.25, 0.3) is 11.5 Å². The number of ether oxygens (including phenoxy) is 1. The van der Waals surface area contributed by atoms with Gasteiger partial charge in [-0.25, -0.2) is 4.98 Å². The first kappa shape index (κ1) is 32.1. The van der Waals surface area contributed by atoms with E-state index in [1.807, 2.05) is 0 Å². The van der Waals surface area contributed by atoms with Crippen molar-refractivity contribution >= 4 is 58.5 Å². The first-order valence-corrected chi connectivity index (χ1v) is 14.7. The number of amides is 3. The van der Waals surface area contributed by atoms with Gasteiger partial charge in [0.2, 0.25) is 17.7 Å². The van der Waals surface area contributed by atoms with E-state index in [2.05, 4.69) is 48.4 Å². The Kier molecular flexibility index (Phi) is 9.81. The summed E-state index contributed by atoms with van der Waals surface area (Å²) >= 11 is 0. The van der Waals surface area contributed by atoms with E-state index in [1.54, 1.807) is 18.2 Å². The Morgan fingerprint density at radius 2 is 1.93 bits per heavy atom. The number of hydrogen-bond donors (Lipinski definition) is 4. The number of carbonyl (C=O) groups excluding carboxylic acids is 3. The van der Waals surface area contributed by atoms with Crippen LogP contribution in [0.2, 0.25) is 0 Å². The molecule has 1 unspecified atom stereocenters. The lowest BCUT2D eigenvalue weighted by atomic mass is 9.49. The topological polar surface area (TPSA) is 164 Å². The van der Waals surface area contributed by atoms with E-state index < -0.39 is 11.1 Å². The van der Waals surface area contributed by atoms with E-state index in [-0.39, 0.29) is 47.2 Å². The van der Waals surface area contributed by atoms with E-state index in [0.29, 0.717) is 35.3 Å². The molecule has 1 atom stereocenters. The number of anilines is 3. The van der Waals surface area contributed by atoms with Crippen LogP contribution in [0.3, 0.4) is 0 Å². The summed E-state index contributed by atoms with van der Waals surface area (Å²) in [5, 5.41) is 17.0. The predicted molar refractivity (Wildman–Crippen MR) is 170 cm³/mol. The van der Waals surface area contributed by atoms with Crippen LogP contribution < -0.4 is 26.0 Å². The zero-order chi connectivity index (χ0) is 32.1. The molecule has 1 aromatic carbocycles. The third-order valence-corrected chi connectivity index (χ3v) is 7.62. The van der Waals surface area contributed by atoms with Crippen molar-refractivity contribution in [3.63, 3.8) is 0 Å². The number of nitrogens with zero attached hydrogens (tertiary/aromatic N) is 4. The maximum atomic E-state index is 12.9. The lowest BCUT2D eigenvalue weighted by Crippen LogP contribution is -2.50. The fourth-order valence-electron chi connectivity index (χ4n) is 5.17. The Labute approximate surface area is 265 Å². The summed E-state index contributed by atoms with van der Waals surface area (Å²) in [6, 6.07) is 7.11. The Morgan fingerprint density at radius 1 is 1.13 bits per heavy atom. The minimum absolute atomic E-state index is 0.0369. The zero-order valence-electron chi connectivity index (χ0n) is 25.3. The molecule has 1 aliphatic carbocycles. The number of rotatable bonds is 13. The van der Waals surface area contributed by atoms with E-state index in [1.165, 1.54) is 25.8 Å². The highest BCUT2D eigenvalue weighted by Gasteiger charge is 2.30. The van der Waals surface area contributed by atoms with Crippen LogP contribution >= 0.6 is 0 Å². The highest BCUT2D eigenvalue weighted by atomic mass is 16.5. The van der Waals surface area contributed by atoms with Gasteiger partial charge in [-0.05, 0) is 57.8 Å². The Bertz CT molecular complexity index is 1560. The lowest BCUT2D eigenvalue weighted by Gasteiger charge is -2.23. The Hall–Kier alpha value is -4.33. The molecule has 45 heavy (non-hydrogen) atoms. The molecule has 0 spiro atoms. The molecule has 228 valence electrons. The zero-order valence-corrected chi connectivity index (χ0v) is 25.3. The van der Waals surface area contributed by atoms with Crippen molar-refractivity contribution in [2.75, 3.05) is 37.9 Å². The molecule has 5 rings (SSSR count). The maximum absolute atomic E-state index is 12.9. The second-order valence-electron chi connectivity index (χ2n) is 11.4. The lowest BCUT2D eigenvalue weighted by molar-refractivity contribution is -0.120. The Balaban J connectivity index is 1.33. The van der Waals surface area contributed by atoms with Gasteiger partial charge in [0.05, 0.1) is 60.2 Å². The van der Waals surface area contributed by atoms with Crippen molar-refractivity contribution in [3.8, 4) is 17.2 Å². The summed E-state index contributed by atoms with van der Waals surface area (Å²) in [7, 11) is 20.3. The summed E-state index contributed by atoms with van der Waals surface area (Å²) in [5.41, 5.74) is 0.854. The first-order valence-electron chi connectivity index (χ1n) is 14.7. The summed E-state index contributed by atoms with van der Waals surface area (Å²) in [6.45, 7) is 1.68. The van der Waals surface area contributed by atoms with Gasteiger partial charge in [0, 0.05) is 24.6 Å². The van der Waals surface area contributed by atoms with Crippen molar-refractivity contribution in [1.82, 2.24) is 30.7 Å². The molecule has 2 aromatic heterocycles. The van der Waals surface area contributed by atoms with Crippen LogP contribution in [0.1, 0.15) is 48.4 Å². The molecule has 2 aliphatic rings. The predicted octanol–water partition coefficient (Wildman–Crippen LogP) is 1.22. The standard InChI is InChI=1S/C29H33B3N8O5/c1-40-12-4-5-17(40)10-11-33-23(41)13-18-15-34-28(45-18)19-6-3-7-20(25(19)44-2)35-21-14-22(36-26(42)16-8-9-16)38-39-24(21)27(43)37-29(30,31)32/h3,6-7,14-17H,4-5,8-13H2,1-2H3,(H,33,41)(H,37,43)(H2,35,36,38,42). The molecule has 1 saturated heterocycles. The molecule has 16 heteroatoms. The molecule has 1 aliphatic heterocycles. The number of likely N-dealkylation sites (tertiary alicyclic amines) is 1. The minimum Gasteiger partial charge on any atom is -0.494 e. The number of methoxy groups -OCH3 is 1. The molecule has 13 nitrogen and oxygen atoms in total. The number of para-hydroxylation sites is 1. The molecule has 6 radical (unpaired) electrons. The number of hydrogen-bond acceptors (Lipinski definition) is 10. The SMILES string of the molecule is [B]C([B])([B])NC(=O)c1nnc(NC(=O)C2CC2)cc1Nc1cccc(-c2ncc(CC(=O)NCCC3CCCN3C)o2)c1OC. The normalized spacial score (nSPS) is 16.6. The molecule has 3 heterocycles. The fraction of sp³-hybridized carbons (Fsp3) is 0.448. The van der Waals surface area contributed by atoms with Crippen LogP contribution in [0, 0.1) is 5.92 Å². The van der Waals surface area contributed by atoms with E-state index in [4.69, 9.17) is 32.7 Å². The smallest absolute Gasteiger partial charge is 0.272 e. The van der Waals surface area contributed by atoms with Crippen LogP contribution in [-0.2, 0) is 16.0 Å². The fourth-order valence-corrected chi connectivity index (χ4v) is 5.17. The van der Waals surface area contributed by atoms with Gasteiger partial charge in [-0.2, -0.15) is 0 Å². The monoisotopic (exact) mass is 606 g/mol. The van der Waals surface area contributed by atoms with Crippen LogP contribution in [-0.4, -0.2) is 99.9 Å². The van der Waals surface area contributed by atoms with Gasteiger partial charge in [0.15, 0.2) is 17.3 Å². The molecule has 2 fully saturated rings. The minimum atomic E-state index is -2.02. The van der Waals surface area contributed by atoms with Crippen molar-refractivity contribution in [2.45, 2.75) is 49.8 Å². The Morgan fingerprint density at radius 3 is 2.62 bits per heavy atom. The summed E-state index contributed by atoms with van der Waals surface area (Å²) in [4.78, 5) is 44.5. The van der Waals surface area contributed by atoms with Crippen molar-refractivity contribution in [2.24, 2.45) is 5.92 Å². The molecule has 3 aromatic rings. The van der Waals surface area contributed by atoms with Crippen LogP contribution in [0.15, 0.2) is 34.9 Å². The number of aromatic nitrogens is 3. The maximum Gasteiger partial charge on any atom is 0.272 e. The quantitative estimate of drug-likeness (QED) is 0.208. The van der Waals surface area contributed by atoms with Crippen molar-refractivity contribution in [3.05, 3.63) is 41.9 Å². The highest BCUT2D eigenvalue weighted by molar-refractivity contribution is 6.60. The van der Waals surface area contributed by atoms with Crippen molar-refractivity contribution < 1.29 is 23.5 Å². The molecule has 0 bridgehead atoms. The third kappa shape index (κ3) is 8.44. The summed E-state index contributed by atoms with van der Waals surface area (Å²) in [5.74, 6) is -0.148. The van der Waals surface area contributed by atoms with Gasteiger partial charge in [-0.1, -0.05) is 11.3 Å². The number of carbonyl (C=O) groups is 3. The average molecular weight is 606 g/mol. The van der Waals surface area contributed by atoms with Gasteiger partial charge in [-0.3, -0.25) is 14.4 Å². The second kappa shape index (κ2) is 13.8. The number of oxazole rings is 1. The molecule has 3 amide bonds. The van der Waals surface area contributed by atoms with Gasteiger partial charge < -0.3 is 35.3 Å². The van der Waals surface area contributed by atoms with Crippen LogP contribution in [0.4, 0.5) is 17.2 Å². The first-order chi connectivity index (χ1) is 21.5. The number of benzene rings is 1. The van der Waals surface area contributed by atoms with E-state index in [9.17, 15) is 14.4 Å². The third-order valence-electron chi connectivity index (χ3n) is 7.62. The van der Waals surface area contributed by atoms with Gasteiger partial charge in [0.1, 0.15) is 5.76 Å². The highest BCUT2D eigenvalue weighted by Crippen LogP contribution is 2.38. The second-order valence-corrected chi connectivity index (χ2v) is 11.4. The van der Waals surface area contributed by atoms with Gasteiger partial charge in [-0.15, -0.1) is 10.2 Å².